The number of unbranched alkanes of at least 4 members (excludes halogenated alkanes) is 3. The van der Waals surface area contributed by atoms with Gasteiger partial charge in [-0.25, -0.2) is 0 Å². The minimum absolute atomic E-state index is 1.23. The summed E-state index contributed by atoms with van der Waals surface area (Å²) in [7, 11) is 0. The Morgan fingerprint density at radius 1 is 0.846 bits per heavy atom. The lowest BCUT2D eigenvalue weighted by molar-refractivity contribution is 0.653. The molecule has 0 aliphatic heterocycles. The van der Waals surface area contributed by atoms with Crippen molar-refractivity contribution >= 4 is 0 Å². The van der Waals surface area contributed by atoms with Crippen LogP contribution >= 0.6 is 0 Å². The minimum Gasteiger partial charge on any atom is -0.0744 e. The summed E-state index contributed by atoms with van der Waals surface area (Å²) in [4.78, 5) is 0. The summed E-state index contributed by atoms with van der Waals surface area (Å²) in [5.74, 6) is 0. The molecule has 78 valence electrons. The predicted octanol–water partition coefficient (Wildman–Crippen LogP) is 5.09. The van der Waals surface area contributed by atoms with Gasteiger partial charge in [0.1, 0.15) is 0 Å². The summed E-state index contributed by atoms with van der Waals surface area (Å²) in [5, 5.41) is 0. The van der Waals surface area contributed by atoms with Crippen LogP contribution in [-0.4, -0.2) is 0 Å². The third-order valence-electron chi connectivity index (χ3n) is 2.89. The van der Waals surface area contributed by atoms with Gasteiger partial charge in [-0.15, -0.1) is 0 Å². The standard InChI is InChI=1S/C13H26/c1-5-8-9-10-11-13(7-3)12(4)6-2/h5-11H2,1-4H3/b13-12+. The Labute approximate surface area is 84.4 Å². The molecule has 0 nitrogen and oxygen atoms in total. The number of rotatable bonds is 7. The van der Waals surface area contributed by atoms with Gasteiger partial charge >= 0.3 is 0 Å². The number of hydrogen-bond donors (Lipinski definition) is 0. The largest absolute Gasteiger partial charge is 0.0744 e. The van der Waals surface area contributed by atoms with Gasteiger partial charge in [0.25, 0.3) is 0 Å². The van der Waals surface area contributed by atoms with Crippen LogP contribution in [-0.2, 0) is 0 Å². The lowest BCUT2D eigenvalue weighted by atomic mass is 9.98. The van der Waals surface area contributed by atoms with Crippen molar-refractivity contribution in [1.82, 2.24) is 0 Å². The van der Waals surface area contributed by atoms with E-state index in [1.54, 1.807) is 11.1 Å². The normalized spacial score (nSPS) is 12.9. The Morgan fingerprint density at radius 2 is 1.54 bits per heavy atom. The van der Waals surface area contributed by atoms with Gasteiger partial charge in [-0.05, 0) is 32.6 Å². The van der Waals surface area contributed by atoms with Crippen molar-refractivity contribution < 1.29 is 0 Å². The van der Waals surface area contributed by atoms with Crippen LogP contribution in [0.2, 0.25) is 0 Å². The van der Waals surface area contributed by atoms with Gasteiger partial charge in [-0.3, -0.25) is 0 Å². The zero-order valence-electron chi connectivity index (χ0n) is 9.95. The molecule has 0 aliphatic carbocycles. The van der Waals surface area contributed by atoms with E-state index < -0.39 is 0 Å². The van der Waals surface area contributed by atoms with Crippen molar-refractivity contribution in [3.8, 4) is 0 Å². The van der Waals surface area contributed by atoms with Gasteiger partial charge in [-0.2, -0.15) is 0 Å². The van der Waals surface area contributed by atoms with Gasteiger partial charge in [0, 0.05) is 0 Å². The zero-order valence-corrected chi connectivity index (χ0v) is 9.95. The van der Waals surface area contributed by atoms with Gasteiger partial charge in [0.15, 0.2) is 0 Å². The van der Waals surface area contributed by atoms with Gasteiger partial charge in [-0.1, -0.05) is 51.2 Å². The Kier molecular flexibility index (Phi) is 8.18. The highest BCUT2D eigenvalue weighted by atomic mass is 14.0. The maximum atomic E-state index is 2.29. The zero-order chi connectivity index (χ0) is 10.1. The van der Waals surface area contributed by atoms with E-state index in [1.165, 1.54) is 44.9 Å². The molecule has 0 bridgehead atoms. The molecule has 0 atom stereocenters. The maximum Gasteiger partial charge on any atom is -0.0318 e. The molecule has 0 rings (SSSR count). The molecule has 0 heterocycles. The minimum atomic E-state index is 1.23. The van der Waals surface area contributed by atoms with E-state index in [4.69, 9.17) is 0 Å². The molecule has 0 aromatic rings. The lowest BCUT2D eigenvalue weighted by Crippen LogP contribution is -1.88. The molecular formula is C13H26. The topological polar surface area (TPSA) is 0 Å². The summed E-state index contributed by atoms with van der Waals surface area (Å²) in [6, 6.07) is 0. The molecule has 0 amide bonds. The molecule has 13 heavy (non-hydrogen) atoms. The highest BCUT2D eigenvalue weighted by Crippen LogP contribution is 2.18. The molecule has 0 aliphatic rings. The van der Waals surface area contributed by atoms with Crippen LogP contribution in [0.3, 0.4) is 0 Å². The Morgan fingerprint density at radius 3 is 2.00 bits per heavy atom. The fourth-order valence-corrected chi connectivity index (χ4v) is 1.71. The van der Waals surface area contributed by atoms with E-state index in [2.05, 4.69) is 27.7 Å². The molecule has 0 aromatic carbocycles. The third-order valence-corrected chi connectivity index (χ3v) is 2.89. The molecule has 0 fully saturated rings. The lowest BCUT2D eigenvalue weighted by Gasteiger charge is -2.08. The molecule has 0 N–H and O–H groups in total. The van der Waals surface area contributed by atoms with E-state index in [-0.39, 0.29) is 0 Å². The molecule has 0 radical (unpaired) electrons. The van der Waals surface area contributed by atoms with Crippen LogP contribution in [0.4, 0.5) is 0 Å². The summed E-state index contributed by atoms with van der Waals surface area (Å²) in [6.07, 6.45) is 9.39. The van der Waals surface area contributed by atoms with Crippen LogP contribution in [0.15, 0.2) is 11.1 Å². The number of hydrogen-bond acceptors (Lipinski definition) is 0. The fraction of sp³-hybridized carbons (Fsp3) is 0.846. The Hall–Kier alpha value is -0.260. The molecule has 0 saturated carbocycles. The van der Waals surface area contributed by atoms with Crippen molar-refractivity contribution in [2.75, 3.05) is 0 Å². The van der Waals surface area contributed by atoms with Gasteiger partial charge in [0.2, 0.25) is 0 Å². The molecular weight excluding hydrogens is 156 g/mol. The maximum absolute atomic E-state index is 2.29. The van der Waals surface area contributed by atoms with Crippen molar-refractivity contribution in [2.45, 2.75) is 72.6 Å². The highest BCUT2D eigenvalue weighted by Gasteiger charge is 1.98. The van der Waals surface area contributed by atoms with Crippen LogP contribution in [0.5, 0.6) is 0 Å². The highest BCUT2D eigenvalue weighted by molar-refractivity contribution is 5.10. The number of allylic oxidation sites excluding steroid dienone is 2. The van der Waals surface area contributed by atoms with E-state index in [0.717, 1.165) is 0 Å². The first-order valence-corrected chi connectivity index (χ1v) is 5.93. The first-order chi connectivity index (χ1) is 6.26. The average Bonchev–Trinajstić information content (AvgIpc) is 2.17. The second-order valence-electron chi connectivity index (χ2n) is 3.90. The summed E-state index contributed by atoms with van der Waals surface area (Å²) in [5.41, 5.74) is 3.33. The molecule has 0 unspecified atom stereocenters. The summed E-state index contributed by atoms with van der Waals surface area (Å²) in [6.45, 7) is 9.11. The monoisotopic (exact) mass is 182 g/mol. The summed E-state index contributed by atoms with van der Waals surface area (Å²) >= 11 is 0. The van der Waals surface area contributed by atoms with Gasteiger partial charge < -0.3 is 0 Å². The fourth-order valence-electron chi connectivity index (χ4n) is 1.71. The predicted molar refractivity (Wildman–Crippen MR) is 62.0 cm³/mol. The molecule has 0 spiro atoms. The molecule has 0 saturated heterocycles. The molecule has 0 heteroatoms. The summed E-state index contributed by atoms with van der Waals surface area (Å²) < 4.78 is 0. The van der Waals surface area contributed by atoms with Crippen molar-refractivity contribution in [2.24, 2.45) is 0 Å². The first-order valence-electron chi connectivity index (χ1n) is 5.93. The van der Waals surface area contributed by atoms with Crippen LogP contribution < -0.4 is 0 Å². The van der Waals surface area contributed by atoms with Crippen LogP contribution in [0.1, 0.15) is 72.6 Å². The van der Waals surface area contributed by atoms with Gasteiger partial charge in [0.05, 0.1) is 0 Å². The smallest absolute Gasteiger partial charge is 0.0318 e. The van der Waals surface area contributed by atoms with Crippen LogP contribution in [0.25, 0.3) is 0 Å². The Bertz CT molecular complexity index is 142. The van der Waals surface area contributed by atoms with Crippen molar-refractivity contribution in [3.05, 3.63) is 11.1 Å². The second-order valence-corrected chi connectivity index (χ2v) is 3.90. The molecule has 0 aromatic heterocycles. The third kappa shape index (κ3) is 5.90. The van der Waals surface area contributed by atoms with E-state index in [0.29, 0.717) is 0 Å². The quantitative estimate of drug-likeness (QED) is 0.380. The SMILES string of the molecule is CCCCCC/C(CC)=C(\C)CC. The van der Waals surface area contributed by atoms with E-state index in [1.807, 2.05) is 0 Å². The average molecular weight is 182 g/mol. The van der Waals surface area contributed by atoms with E-state index in [9.17, 15) is 0 Å². The Balaban J connectivity index is 3.72. The van der Waals surface area contributed by atoms with Crippen molar-refractivity contribution in [1.29, 1.82) is 0 Å². The first kappa shape index (κ1) is 12.7. The van der Waals surface area contributed by atoms with Crippen LogP contribution in [0, 0.1) is 0 Å². The van der Waals surface area contributed by atoms with E-state index >= 15 is 0 Å². The second kappa shape index (κ2) is 8.34. The van der Waals surface area contributed by atoms with Crippen molar-refractivity contribution in [3.63, 3.8) is 0 Å².